The zero-order valence-corrected chi connectivity index (χ0v) is 11.8. The maximum absolute atomic E-state index is 11.7. The van der Waals surface area contributed by atoms with Crippen LogP contribution >= 0.6 is 11.3 Å². The van der Waals surface area contributed by atoms with Crippen molar-refractivity contribution in [3.8, 4) is 0 Å². The van der Waals surface area contributed by atoms with E-state index in [2.05, 4.69) is 27.8 Å². The molecule has 2 rings (SSSR count). The number of aromatic nitrogens is 2. The molecule has 0 aliphatic carbocycles. The summed E-state index contributed by atoms with van der Waals surface area (Å²) in [5, 5.41) is 14.8. The Bertz CT molecular complexity index is 550. The largest absolute Gasteiger partial charge is 0.376 e. The van der Waals surface area contributed by atoms with Crippen molar-refractivity contribution in [2.75, 3.05) is 17.2 Å². The lowest BCUT2D eigenvalue weighted by Gasteiger charge is -2.06. The van der Waals surface area contributed by atoms with Crippen molar-refractivity contribution >= 4 is 28.1 Å². The van der Waals surface area contributed by atoms with E-state index in [0.717, 1.165) is 17.1 Å². The molecular formula is C13H16N4OS. The number of nitrogens with zero attached hydrogens (tertiary/aromatic N) is 2. The smallest absolute Gasteiger partial charge is 0.245 e. The fourth-order valence-corrected chi connectivity index (χ4v) is 2.16. The molecule has 0 unspecified atom stereocenters. The van der Waals surface area contributed by atoms with E-state index in [1.54, 1.807) is 0 Å². The van der Waals surface area contributed by atoms with Crippen LogP contribution in [0.3, 0.4) is 0 Å². The summed E-state index contributed by atoms with van der Waals surface area (Å²) in [5.74, 6) is -0.129. The first-order chi connectivity index (χ1) is 9.17. The van der Waals surface area contributed by atoms with Crippen molar-refractivity contribution < 1.29 is 4.79 Å². The highest BCUT2D eigenvalue weighted by Gasteiger charge is 2.05. The van der Waals surface area contributed by atoms with Crippen molar-refractivity contribution in [2.24, 2.45) is 0 Å². The molecule has 1 amide bonds. The van der Waals surface area contributed by atoms with Crippen LogP contribution < -0.4 is 10.6 Å². The van der Waals surface area contributed by atoms with Crippen LogP contribution in [0.1, 0.15) is 17.5 Å². The van der Waals surface area contributed by atoms with Gasteiger partial charge in [0.15, 0.2) is 0 Å². The highest BCUT2D eigenvalue weighted by molar-refractivity contribution is 7.15. The van der Waals surface area contributed by atoms with Gasteiger partial charge in [0.1, 0.15) is 5.01 Å². The van der Waals surface area contributed by atoms with E-state index in [1.807, 2.05) is 31.2 Å². The topological polar surface area (TPSA) is 66.9 Å². The molecule has 1 aromatic heterocycles. The molecule has 0 radical (unpaired) electrons. The zero-order valence-electron chi connectivity index (χ0n) is 10.9. The van der Waals surface area contributed by atoms with Crippen LogP contribution in [0, 0.1) is 6.92 Å². The average molecular weight is 276 g/mol. The maximum Gasteiger partial charge on any atom is 0.245 e. The normalized spacial score (nSPS) is 10.2. The molecule has 1 heterocycles. The standard InChI is InChI=1S/C13H16N4OS/c1-3-10-4-6-11(7-5-10)14-8-12(18)15-13-17-16-9(2)19-13/h4-7,14H,3,8H2,1-2H3,(H,15,17,18). The van der Waals surface area contributed by atoms with Crippen LogP contribution in [0.25, 0.3) is 0 Å². The van der Waals surface area contributed by atoms with Crippen molar-refractivity contribution in [1.29, 1.82) is 0 Å². The van der Waals surface area contributed by atoms with Crippen LogP contribution in [0.5, 0.6) is 0 Å². The van der Waals surface area contributed by atoms with Gasteiger partial charge in [0.2, 0.25) is 11.0 Å². The van der Waals surface area contributed by atoms with E-state index in [0.29, 0.717) is 5.13 Å². The Morgan fingerprint density at radius 1 is 1.26 bits per heavy atom. The van der Waals surface area contributed by atoms with Crippen LogP contribution in [0.2, 0.25) is 0 Å². The van der Waals surface area contributed by atoms with E-state index >= 15 is 0 Å². The molecule has 100 valence electrons. The van der Waals surface area contributed by atoms with Crippen LogP contribution in [0.15, 0.2) is 24.3 Å². The number of aryl methyl sites for hydroxylation is 2. The number of carbonyl (C=O) groups excluding carboxylic acids is 1. The lowest BCUT2D eigenvalue weighted by Crippen LogP contribution is -2.21. The van der Waals surface area contributed by atoms with Crippen molar-refractivity contribution in [3.63, 3.8) is 0 Å². The fourth-order valence-electron chi connectivity index (χ4n) is 1.55. The molecule has 6 heteroatoms. The van der Waals surface area contributed by atoms with Gasteiger partial charge in [0.25, 0.3) is 0 Å². The zero-order chi connectivity index (χ0) is 13.7. The predicted octanol–water partition coefficient (Wildman–Crippen LogP) is 2.46. The summed E-state index contributed by atoms with van der Waals surface area (Å²) in [5.41, 5.74) is 2.21. The van der Waals surface area contributed by atoms with E-state index in [1.165, 1.54) is 16.9 Å². The second-order valence-corrected chi connectivity index (χ2v) is 5.26. The molecule has 2 aromatic rings. The minimum atomic E-state index is -0.129. The number of anilines is 2. The first-order valence-electron chi connectivity index (χ1n) is 6.10. The number of amides is 1. The Labute approximate surface area is 116 Å². The molecule has 2 N–H and O–H groups in total. The maximum atomic E-state index is 11.7. The molecule has 0 fully saturated rings. The minimum absolute atomic E-state index is 0.129. The summed E-state index contributed by atoms with van der Waals surface area (Å²) in [6.07, 6.45) is 1.01. The van der Waals surface area contributed by atoms with Crippen molar-refractivity contribution in [2.45, 2.75) is 20.3 Å². The third-order valence-electron chi connectivity index (χ3n) is 2.59. The number of hydrogen-bond acceptors (Lipinski definition) is 5. The Balaban J connectivity index is 1.82. The summed E-state index contributed by atoms with van der Waals surface area (Å²) >= 11 is 1.36. The molecule has 19 heavy (non-hydrogen) atoms. The Morgan fingerprint density at radius 2 is 2.00 bits per heavy atom. The van der Waals surface area contributed by atoms with Gasteiger partial charge >= 0.3 is 0 Å². The van der Waals surface area contributed by atoms with Gasteiger partial charge in [-0.25, -0.2) is 0 Å². The highest BCUT2D eigenvalue weighted by atomic mass is 32.1. The first-order valence-corrected chi connectivity index (χ1v) is 6.92. The molecule has 1 aromatic carbocycles. The monoisotopic (exact) mass is 276 g/mol. The van der Waals surface area contributed by atoms with E-state index in [9.17, 15) is 4.79 Å². The molecule has 0 spiro atoms. The second kappa shape index (κ2) is 6.29. The molecular weight excluding hydrogens is 260 g/mol. The molecule has 0 aliphatic rings. The Morgan fingerprint density at radius 3 is 2.58 bits per heavy atom. The number of rotatable bonds is 5. The minimum Gasteiger partial charge on any atom is -0.376 e. The summed E-state index contributed by atoms with van der Waals surface area (Å²) in [6, 6.07) is 8.05. The van der Waals surface area contributed by atoms with Gasteiger partial charge in [-0.2, -0.15) is 0 Å². The summed E-state index contributed by atoms with van der Waals surface area (Å²) in [7, 11) is 0. The van der Waals surface area contributed by atoms with Gasteiger partial charge in [0.05, 0.1) is 6.54 Å². The summed E-state index contributed by atoms with van der Waals surface area (Å²) < 4.78 is 0. The molecule has 0 saturated heterocycles. The molecule has 0 saturated carbocycles. The average Bonchev–Trinajstić information content (AvgIpc) is 2.82. The van der Waals surface area contributed by atoms with Gasteiger partial charge in [-0.3, -0.25) is 10.1 Å². The van der Waals surface area contributed by atoms with Crippen LogP contribution in [-0.4, -0.2) is 22.6 Å². The predicted molar refractivity (Wildman–Crippen MR) is 77.6 cm³/mol. The van der Waals surface area contributed by atoms with Gasteiger partial charge < -0.3 is 5.32 Å². The molecule has 0 aliphatic heterocycles. The Hall–Kier alpha value is -1.95. The van der Waals surface area contributed by atoms with Crippen LogP contribution in [-0.2, 0) is 11.2 Å². The van der Waals surface area contributed by atoms with Crippen LogP contribution in [0.4, 0.5) is 10.8 Å². The van der Waals surface area contributed by atoms with Gasteiger partial charge in [-0.1, -0.05) is 30.4 Å². The van der Waals surface area contributed by atoms with Gasteiger partial charge in [-0.05, 0) is 31.0 Å². The third kappa shape index (κ3) is 4.03. The summed E-state index contributed by atoms with van der Waals surface area (Å²) in [6.45, 7) is 4.17. The fraction of sp³-hybridized carbons (Fsp3) is 0.308. The lowest BCUT2D eigenvalue weighted by atomic mass is 10.1. The third-order valence-corrected chi connectivity index (χ3v) is 3.34. The number of hydrogen-bond donors (Lipinski definition) is 2. The summed E-state index contributed by atoms with van der Waals surface area (Å²) in [4.78, 5) is 11.7. The second-order valence-electron chi connectivity index (χ2n) is 4.08. The highest BCUT2D eigenvalue weighted by Crippen LogP contribution is 2.13. The Kier molecular flexibility index (Phi) is 4.46. The quantitative estimate of drug-likeness (QED) is 0.880. The molecule has 0 bridgehead atoms. The molecule has 5 nitrogen and oxygen atoms in total. The van der Waals surface area contributed by atoms with Gasteiger partial charge in [0, 0.05) is 5.69 Å². The van der Waals surface area contributed by atoms with Crippen molar-refractivity contribution in [1.82, 2.24) is 10.2 Å². The van der Waals surface area contributed by atoms with Gasteiger partial charge in [-0.15, -0.1) is 10.2 Å². The number of nitrogens with one attached hydrogen (secondary N) is 2. The molecule has 0 atom stereocenters. The van der Waals surface area contributed by atoms with E-state index in [4.69, 9.17) is 0 Å². The first kappa shape index (κ1) is 13.5. The van der Waals surface area contributed by atoms with E-state index < -0.39 is 0 Å². The lowest BCUT2D eigenvalue weighted by molar-refractivity contribution is -0.114. The van der Waals surface area contributed by atoms with Crippen molar-refractivity contribution in [3.05, 3.63) is 34.8 Å². The number of benzene rings is 1. The number of carbonyl (C=O) groups is 1. The van der Waals surface area contributed by atoms with E-state index in [-0.39, 0.29) is 12.5 Å². The SMILES string of the molecule is CCc1ccc(NCC(=O)Nc2nnc(C)s2)cc1.